The second-order valence-corrected chi connectivity index (χ2v) is 11.4. The largest absolute Gasteiger partial charge is 0.506 e. The van der Waals surface area contributed by atoms with Crippen molar-refractivity contribution in [3.8, 4) is 5.75 Å². The number of nitrogens with one attached hydrogen (secondary N) is 2. The maximum atomic E-state index is 13.3. The first-order valence-corrected chi connectivity index (χ1v) is 16.0. The lowest BCUT2D eigenvalue weighted by Crippen LogP contribution is -2.35. The van der Waals surface area contributed by atoms with Crippen LogP contribution in [0.1, 0.15) is 80.6 Å². The molecule has 0 fully saturated rings. The number of nitrogens with zero attached hydrogens (tertiary/aromatic N) is 2. The number of allylic oxidation sites excluding steroid dienone is 2. The number of unbranched alkanes of at least 4 members (excludes halogenated alkanes) is 2. The van der Waals surface area contributed by atoms with Gasteiger partial charge in [0.05, 0.1) is 18.4 Å². The highest BCUT2D eigenvalue weighted by Crippen LogP contribution is 2.23. The van der Waals surface area contributed by atoms with Crippen molar-refractivity contribution in [2.24, 2.45) is 5.10 Å². The summed E-state index contributed by atoms with van der Waals surface area (Å²) in [6.07, 6.45) is 9.14. The number of carbonyl (C=O) groups excluding carboxylic acids is 4. The van der Waals surface area contributed by atoms with Crippen LogP contribution in [-0.4, -0.2) is 46.5 Å². The number of amides is 3. The molecule has 0 spiro atoms. The number of hydrogen-bond acceptors (Lipinski definition) is 7. The van der Waals surface area contributed by atoms with Gasteiger partial charge in [0.25, 0.3) is 0 Å². The smallest absolute Gasteiger partial charge is 0.306 e. The van der Waals surface area contributed by atoms with Crippen molar-refractivity contribution in [2.45, 2.75) is 70.4 Å². The number of esters is 1. The molecular formula is C37H42N4O6. The summed E-state index contributed by atoms with van der Waals surface area (Å²) in [4.78, 5) is 52.0. The number of rotatable bonds is 12. The SMILES string of the molecule is O=C(CCCCCC(=O)Nc1ccccc1O)N/N=C/c1cccc(CN2C[C@H](c3ccccc3)OC(=O)CC/C=C/CCC2=O)c1. The van der Waals surface area contributed by atoms with Crippen LogP contribution in [0, 0.1) is 0 Å². The van der Waals surface area contributed by atoms with E-state index in [0.29, 0.717) is 57.2 Å². The first-order valence-electron chi connectivity index (χ1n) is 16.0. The molecule has 3 aromatic carbocycles. The Kier molecular flexibility index (Phi) is 13.7. The summed E-state index contributed by atoms with van der Waals surface area (Å²) in [7, 11) is 0. The van der Waals surface area contributed by atoms with E-state index in [1.807, 2.05) is 66.7 Å². The lowest BCUT2D eigenvalue weighted by atomic mass is 10.1. The maximum Gasteiger partial charge on any atom is 0.306 e. The molecule has 47 heavy (non-hydrogen) atoms. The Labute approximate surface area is 275 Å². The van der Waals surface area contributed by atoms with E-state index in [9.17, 15) is 24.3 Å². The quantitative estimate of drug-likeness (QED) is 0.0542. The standard InChI is InChI=1S/C37H42N4O6/c42-32-19-12-11-18-31(32)39-34(43)20-7-4-8-21-35(44)40-38-25-28-14-13-15-29(24-28)26-41-27-33(30-16-5-3-6-17-30)47-37(46)23-10-2-1-9-22-36(41)45/h1-3,5-6,11-19,24-25,33,42H,4,7-10,20-23,26-27H2,(H,39,43)(H,40,44)/b2-1+,38-25+/t33-/m1/s1. The van der Waals surface area contributed by atoms with Crippen molar-refractivity contribution >= 4 is 35.6 Å². The van der Waals surface area contributed by atoms with Crippen LogP contribution < -0.4 is 10.7 Å². The average Bonchev–Trinajstić information content (AvgIpc) is 3.06. The van der Waals surface area contributed by atoms with Gasteiger partial charge in [0, 0.05) is 32.2 Å². The van der Waals surface area contributed by atoms with Crippen molar-refractivity contribution in [3.05, 3.63) is 108 Å². The zero-order valence-electron chi connectivity index (χ0n) is 26.5. The van der Waals surface area contributed by atoms with Gasteiger partial charge >= 0.3 is 5.97 Å². The number of benzene rings is 3. The minimum atomic E-state index is -0.586. The molecule has 0 aliphatic carbocycles. The fourth-order valence-corrected chi connectivity index (χ4v) is 5.12. The molecule has 0 bridgehead atoms. The van der Waals surface area contributed by atoms with E-state index in [-0.39, 0.29) is 48.8 Å². The lowest BCUT2D eigenvalue weighted by Gasteiger charge is -2.28. The van der Waals surface area contributed by atoms with Crippen LogP contribution in [0.5, 0.6) is 5.75 Å². The highest BCUT2D eigenvalue weighted by molar-refractivity contribution is 5.92. The minimum Gasteiger partial charge on any atom is -0.506 e. The predicted molar refractivity (Wildman–Crippen MR) is 180 cm³/mol. The number of phenols is 1. The van der Waals surface area contributed by atoms with E-state index in [2.05, 4.69) is 15.8 Å². The molecule has 246 valence electrons. The Morgan fingerprint density at radius 3 is 2.38 bits per heavy atom. The lowest BCUT2D eigenvalue weighted by molar-refractivity contribution is -0.152. The normalized spacial score (nSPS) is 16.5. The first kappa shape index (κ1) is 34.6. The Morgan fingerprint density at radius 2 is 1.60 bits per heavy atom. The number of ether oxygens (including phenoxy) is 1. The van der Waals surface area contributed by atoms with E-state index in [4.69, 9.17) is 4.74 Å². The van der Waals surface area contributed by atoms with Gasteiger partial charge in [0.2, 0.25) is 17.7 Å². The molecule has 0 saturated carbocycles. The van der Waals surface area contributed by atoms with Gasteiger partial charge in [-0.3, -0.25) is 19.2 Å². The third-order valence-corrected chi connectivity index (χ3v) is 7.60. The molecule has 1 atom stereocenters. The number of hydrazone groups is 1. The Hall–Kier alpha value is -5.25. The Morgan fingerprint density at radius 1 is 0.872 bits per heavy atom. The van der Waals surface area contributed by atoms with Gasteiger partial charge < -0.3 is 20.1 Å². The number of phenolic OH excluding ortho intramolecular Hbond substituents is 1. The van der Waals surface area contributed by atoms with Gasteiger partial charge in [-0.1, -0.05) is 79.2 Å². The Bertz CT molecular complexity index is 1560. The van der Waals surface area contributed by atoms with Gasteiger partial charge in [-0.15, -0.1) is 0 Å². The van der Waals surface area contributed by atoms with E-state index in [1.165, 1.54) is 6.07 Å². The zero-order valence-corrected chi connectivity index (χ0v) is 26.5. The van der Waals surface area contributed by atoms with Crippen LogP contribution in [0.25, 0.3) is 0 Å². The number of hydrogen-bond donors (Lipinski definition) is 3. The van der Waals surface area contributed by atoms with Crippen molar-refractivity contribution < 1.29 is 29.0 Å². The molecule has 0 unspecified atom stereocenters. The molecule has 1 aliphatic heterocycles. The molecule has 3 amide bonds. The summed E-state index contributed by atoms with van der Waals surface area (Å²) in [5.41, 5.74) is 5.39. The third-order valence-electron chi connectivity index (χ3n) is 7.60. The second kappa shape index (κ2) is 18.7. The van der Waals surface area contributed by atoms with Crippen molar-refractivity contribution in [3.63, 3.8) is 0 Å². The van der Waals surface area contributed by atoms with Gasteiger partial charge in [-0.2, -0.15) is 5.10 Å². The van der Waals surface area contributed by atoms with Gasteiger partial charge in [-0.25, -0.2) is 5.43 Å². The van der Waals surface area contributed by atoms with Crippen molar-refractivity contribution in [2.75, 3.05) is 11.9 Å². The van der Waals surface area contributed by atoms with E-state index in [0.717, 1.165) is 16.7 Å². The van der Waals surface area contributed by atoms with E-state index < -0.39 is 6.10 Å². The summed E-state index contributed by atoms with van der Waals surface area (Å²) in [5, 5.41) is 16.5. The third kappa shape index (κ3) is 12.2. The van der Waals surface area contributed by atoms with Crippen LogP contribution in [-0.2, 0) is 30.5 Å². The molecule has 0 aromatic heterocycles. The van der Waals surface area contributed by atoms with Gasteiger partial charge in [0.15, 0.2) is 0 Å². The summed E-state index contributed by atoms with van der Waals surface area (Å²) >= 11 is 0. The fraction of sp³-hybridized carbons (Fsp3) is 0.324. The monoisotopic (exact) mass is 638 g/mol. The highest BCUT2D eigenvalue weighted by Gasteiger charge is 2.24. The zero-order chi connectivity index (χ0) is 33.3. The molecule has 0 saturated heterocycles. The van der Waals surface area contributed by atoms with E-state index in [1.54, 1.807) is 29.3 Å². The first-order chi connectivity index (χ1) is 22.9. The molecular weight excluding hydrogens is 596 g/mol. The summed E-state index contributed by atoms with van der Waals surface area (Å²) in [5.74, 6) is -0.726. The minimum absolute atomic E-state index is 0.0210. The number of cyclic esters (lactones) is 1. The van der Waals surface area contributed by atoms with Crippen LogP contribution in [0.2, 0.25) is 0 Å². The molecule has 10 heteroatoms. The maximum absolute atomic E-state index is 13.3. The second-order valence-electron chi connectivity index (χ2n) is 11.4. The van der Waals surface area contributed by atoms with Gasteiger partial charge in [-0.05, 0) is 60.6 Å². The average molecular weight is 639 g/mol. The summed E-state index contributed by atoms with van der Waals surface area (Å²) in [6.45, 7) is 0.552. The van der Waals surface area contributed by atoms with E-state index >= 15 is 0 Å². The molecule has 4 rings (SSSR count). The number of carbonyl (C=O) groups is 4. The fourth-order valence-electron chi connectivity index (χ4n) is 5.12. The van der Waals surface area contributed by atoms with Crippen LogP contribution in [0.3, 0.4) is 0 Å². The molecule has 3 aromatic rings. The molecule has 3 N–H and O–H groups in total. The van der Waals surface area contributed by atoms with Gasteiger partial charge in [0.1, 0.15) is 11.9 Å². The highest BCUT2D eigenvalue weighted by atomic mass is 16.5. The van der Waals surface area contributed by atoms with Crippen LogP contribution >= 0.6 is 0 Å². The summed E-state index contributed by atoms with van der Waals surface area (Å²) in [6, 6.07) is 23.6. The number of aromatic hydroxyl groups is 1. The number of anilines is 1. The predicted octanol–water partition coefficient (Wildman–Crippen LogP) is 6.17. The van der Waals surface area contributed by atoms with Crippen LogP contribution in [0.4, 0.5) is 5.69 Å². The Balaban J connectivity index is 1.27. The number of para-hydroxylation sites is 2. The van der Waals surface area contributed by atoms with Crippen molar-refractivity contribution in [1.82, 2.24) is 10.3 Å². The molecule has 0 radical (unpaired) electrons. The molecule has 1 aliphatic rings. The molecule has 1 heterocycles. The summed E-state index contributed by atoms with van der Waals surface area (Å²) < 4.78 is 5.85. The van der Waals surface area contributed by atoms with Crippen LogP contribution in [0.15, 0.2) is 96.1 Å². The van der Waals surface area contributed by atoms with Crippen molar-refractivity contribution in [1.29, 1.82) is 0 Å². The molecule has 10 nitrogen and oxygen atoms in total. The topological polar surface area (TPSA) is 137 Å².